The summed E-state index contributed by atoms with van der Waals surface area (Å²) in [6.07, 6.45) is 1.93. The highest BCUT2D eigenvalue weighted by Gasteiger charge is 2.29. The number of methoxy groups -OCH3 is 1. The fourth-order valence-corrected chi connectivity index (χ4v) is 3.74. The summed E-state index contributed by atoms with van der Waals surface area (Å²) in [5, 5.41) is 6.12. The van der Waals surface area contributed by atoms with Gasteiger partial charge in [-0.2, -0.15) is 0 Å². The molecule has 2 atom stereocenters. The fraction of sp³-hybridized carbons (Fsp3) is 0.381. The Labute approximate surface area is 152 Å². The molecule has 2 unspecified atom stereocenters. The van der Waals surface area contributed by atoms with Gasteiger partial charge in [0.25, 0.3) is 5.91 Å². The second-order valence-electron chi connectivity index (χ2n) is 6.81. The summed E-state index contributed by atoms with van der Waals surface area (Å²) in [6.45, 7) is 3.07. The van der Waals surface area contributed by atoms with Gasteiger partial charge in [0.2, 0.25) is 0 Å². The Kier molecular flexibility index (Phi) is 4.66. The molecule has 1 aromatic heterocycles. The van der Waals surface area contributed by atoms with Gasteiger partial charge in [-0.3, -0.25) is 4.79 Å². The molecule has 1 saturated heterocycles. The van der Waals surface area contributed by atoms with Crippen molar-refractivity contribution in [2.45, 2.75) is 31.9 Å². The third kappa shape index (κ3) is 2.97. The van der Waals surface area contributed by atoms with Crippen LogP contribution in [0, 0.1) is 6.92 Å². The summed E-state index contributed by atoms with van der Waals surface area (Å²) < 4.78 is 17.0. The predicted octanol–water partition coefficient (Wildman–Crippen LogP) is 3.82. The van der Waals surface area contributed by atoms with Crippen molar-refractivity contribution < 1.29 is 18.7 Å². The van der Waals surface area contributed by atoms with Gasteiger partial charge < -0.3 is 19.2 Å². The van der Waals surface area contributed by atoms with E-state index in [0.717, 1.165) is 46.8 Å². The first-order chi connectivity index (χ1) is 12.7. The zero-order valence-corrected chi connectivity index (χ0v) is 15.1. The van der Waals surface area contributed by atoms with Crippen molar-refractivity contribution in [3.8, 4) is 0 Å². The second-order valence-corrected chi connectivity index (χ2v) is 6.81. The van der Waals surface area contributed by atoms with Gasteiger partial charge in [0.05, 0.1) is 18.8 Å². The summed E-state index contributed by atoms with van der Waals surface area (Å²) in [7, 11) is 1.63. The number of hydrogen-bond acceptors (Lipinski definition) is 4. The van der Waals surface area contributed by atoms with E-state index in [1.54, 1.807) is 7.11 Å². The average Bonchev–Trinajstić information content (AvgIpc) is 3.30. The number of aryl methyl sites for hydroxylation is 1. The lowest BCUT2D eigenvalue weighted by molar-refractivity contribution is 0.0396. The Hall–Kier alpha value is -2.37. The zero-order chi connectivity index (χ0) is 18.1. The van der Waals surface area contributed by atoms with Crippen molar-refractivity contribution >= 4 is 27.6 Å². The molecule has 5 nitrogen and oxygen atoms in total. The summed E-state index contributed by atoms with van der Waals surface area (Å²) in [5.74, 6) is 0.135. The van der Waals surface area contributed by atoms with Gasteiger partial charge in [-0.25, -0.2) is 0 Å². The van der Waals surface area contributed by atoms with Crippen LogP contribution < -0.4 is 5.32 Å². The molecule has 2 heterocycles. The molecule has 1 aliphatic heterocycles. The minimum absolute atomic E-state index is 0.00980. The van der Waals surface area contributed by atoms with Crippen LogP contribution in [0.2, 0.25) is 0 Å². The highest BCUT2D eigenvalue weighted by molar-refractivity contribution is 6.08. The number of amides is 1. The molecule has 2 aromatic carbocycles. The monoisotopic (exact) mass is 353 g/mol. The number of nitrogens with one attached hydrogen (secondary N) is 1. The number of rotatable bonds is 5. The van der Waals surface area contributed by atoms with E-state index in [4.69, 9.17) is 13.9 Å². The number of fused-ring (bicyclic) bond motifs is 3. The Morgan fingerprint density at radius 3 is 2.88 bits per heavy atom. The summed E-state index contributed by atoms with van der Waals surface area (Å²) in [6, 6.07) is 11.9. The van der Waals surface area contributed by atoms with Gasteiger partial charge in [0.15, 0.2) is 5.76 Å². The molecule has 5 heteroatoms. The van der Waals surface area contributed by atoms with E-state index in [2.05, 4.69) is 11.4 Å². The molecule has 136 valence electrons. The van der Waals surface area contributed by atoms with E-state index >= 15 is 0 Å². The predicted molar refractivity (Wildman–Crippen MR) is 101 cm³/mol. The van der Waals surface area contributed by atoms with Crippen LogP contribution >= 0.6 is 0 Å². The molecule has 1 N–H and O–H groups in total. The third-order valence-electron chi connectivity index (χ3n) is 5.11. The smallest absolute Gasteiger partial charge is 0.287 e. The number of furan rings is 1. The maximum atomic E-state index is 12.9. The van der Waals surface area contributed by atoms with Crippen LogP contribution in [0.1, 0.15) is 29.0 Å². The average molecular weight is 353 g/mol. The van der Waals surface area contributed by atoms with Crippen molar-refractivity contribution in [2.24, 2.45) is 0 Å². The molecule has 0 bridgehead atoms. The topological polar surface area (TPSA) is 60.7 Å². The zero-order valence-electron chi connectivity index (χ0n) is 15.1. The number of carbonyl (C=O) groups excluding carboxylic acids is 1. The van der Waals surface area contributed by atoms with Crippen LogP contribution in [-0.2, 0) is 9.47 Å². The molecular formula is C21H23NO4. The second kappa shape index (κ2) is 7.09. The quantitative estimate of drug-likeness (QED) is 0.757. The molecule has 1 amide bonds. The van der Waals surface area contributed by atoms with Gasteiger partial charge in [-0.1, -0.05) is 36.4 Å². The summed E-state index contributed by atoms with van der Waals surface area (Å²) in [4.78, 5) is 12.9. The van der Waals surface area contributed by atoms with Crippen LogP contribution in [0.25, 0.3) is 21.7 Å². The van der Waals surface area contributed by atoms with Crippen molar-refractivity contribution in [2.75, 3.05) is 20.3 Å². The number of carbonyl (C=O) groups is 1. The first-order valence-corrected chi connectivity index (χ1v) is 9.01. The normalized spacial score (nSPS) is 18.5. The first-order valence-electron chi connectivity index (χ1n) is 9.01. The van der Waals surface area contributed by atoms with Crippen LogP contribution in [0.15, 0.2) is 40.8 Å². The Bertz CT molecular complexity index is 940. The largest absolute Gasteiger partial charge is 0.450 e. The van der Waals surface area contributed by atoms with Gasteiger partial charge in [-0.05, 0) is 25.2 Å². The highest BCUT2D eigenvalue weighted by atomic mass is 16.5. The molecule has 0 saturated carbocycles. The molecule has 1 aliphatic rings. The fourth-order valence-electron chi connectivity index (χ4n) is 3.74. The van der Waals surface area contributed by atoms with E-state index in [1.807, 2.05) is 37.3 Å². The molecule has 0 spiro atoms. The van der Waals surface area contributed by atoms with Gasteiger partial charge in [0, 0.05) is 30.1 Å². The van der Waals surface area contributed by atoms with Gasteiger partial charge >= 0.3 is 0 Å². The lowest BCUT2D eigenvalue weighted by atomic mass is 10.1. The number of ether oxygens (including phenoxy) is 2. The number of benzene rings is 2. The Morgan fingerprint density at radius 2 is 2.12 bits per heavy atom. The van der Waals surface area contributed by atoms with Crippen LogP contribution in [-0.4, -0.2) is 38.4 Å². The van der Waals surface area contributed by atoms with Gasteiger partial charge in [-0.15, -0.1) is 0 Å². The van der Waals surface area contributed by atoms with E-state index in [0.29, 0.717) is 12.4 Å². The highest BCUT2D eigenvalue weighted by Crippen LogP contribution is 2.31. The summed E-state index contributed by atoms with van der Waals surface area (Å²) in [5.41, 5.74) is 1.61. The van der Waals surface area contributed by atoms with Crippen molar-refractivity contribution in [1.29, 1.82) is 0 Å². The molecule has 26 heavy (non-hydrogen) atoms. The number of hydrogen-bond donors (Lipinski definition) is 1. The van der Waals surface area contributed by atoms with E-state index in [-0.39, 0.29) is 18.1 Å². The van der Waals surface area contributed by atoms with Crippen LogP contribution in [0.5, 0.6) is 0 Å². The molecule has 3 aromatic rings. The van der Waals surface area contributed by atoms with Crippen molar-refractivity contribution in [3.63, 3.8) is 0 Å². The third-order valence-corrected chi connectivity index (χ3v) is 5.11. The van der Waals surface area contributed by atoms with Crippen molar-refractivity contribution in [1.82, 2.24) is 5.32 Å². The van der Waals surface area contributed by atoms with Crippen molar-refractivity contribution in [3.05, 3.63) is 47.7 Å². The van der Waals surface area contributed by atoms with E-state index < -0.39 is 0 Å². The lowest BCUT2D eigenvalue weighted by Gasteiger charge is -2.23. The summed E-state index contributed by atoms with van der Waals surface area (Å²) >= 11 is 0. The Morgan fingerprint density at radius 1 is 1.27 bits per heavy atom. The lowest BCUT2D eigenvalue weighted by Crippen LogP contribution is -2.46. The van der Waals surface area contributed by atoms with E-state index in [1.165, 1.54) is 0 Å². The van der Waals surface area contributed by atoms with Crippen LogP contribution in [0.3, 0.4) is 0 Å². The maximum Gasteiger partial charge on any atom is 0.287 e. The standard InChI is InChI=1S/C21H23NO4/c1-13-15-10-9-14-6-3-4-7-16(14)20(15)26-19(13)21(23)22-17(12-24-2)18-8-5-11-25-18/h3-4,6-7,9-10,17-18H,5,8,11-12H2,1-2H3,(H,22,23). The molecule has 0 radical (unpaired) electrons. The molecule has 4 rings (SSSR count). The Balaban J connectivity index is 1.67. The minimum atomic E-state index is -0.222. The van der Waals surface area contributed by atoms with E-state index in [9.17, 15) is 4.79 Å². The minimum Gasteiger partial charge on any atom is -0.450 e. The van der Waals surface area contributed by atoms with Gasteiger partial charge in [0.1, 0.15) is 5.58 Å². The van der Waals surface area contributed by atoms with Crippen LogP contribution in [0.4, 0.5) is 0 Å². The molecular weight excluding hydrogens is 330 g/mol. The molecule has 1 fully saturated rings. The first kappa shape index (κ1) is 17.1. The molecule has 0 aliphatic carbocycles. The maximum absolute atomic E-state index is 12.9. The SMILES string of the molecule is COCC(NC(=O)c1oc2c(ccc3ccccc32)c1C)C1CCCO1.